The molecule has 1 aromatic carbocycles. The van der Waals surface area contributed by atoms with Crippen LogP contribution >= 0.6 is 0 Å². The van der Waals surface area contributed by atoms with Crippen molar-refractivity contribution < 1.29 is 30.9 Å². The molecule has 0 fully saturated rings. The Labute approximate surface area is 168 Å². The van der Waals surface area contributed by atoms with Gasteiger partial charge in [0.2, 0.25) is 0 Å². The molecule has 2 aliphatic heterocycles. The summed E-state index contributed by atoms with van der Waals surface area (Å²) in [5.74, 6) is 0.323. The van der Waals surface area contributed by atoms with Gasteiger partial charge in [-0.3, -0.25) is 0 Å². The van der Waals surface area contributed by atoms with E-state index >= 15 is 0 Å². The smallest absolute Gasteiger partial charge is 0.190 e. The minimum absolute atomic E-state index is 0. The summed E-state index contributed by atoms with van der Waals surface area (Å²) in [6.07, 6.45) is 10.2. The quantitative estimate of drug-likeness (QED) is 0.524. The number of nitrogens with zero attached hydrogens (tertiary/aromatic N) is 1. The fourth-order valence-electron chi connectivity index (χ4n) is 5.37. The van der Waals surface area contributed by atoms with Gasteiger partial charge in [0.15, 0.2) is 17.9 Å². The number of fused-ring (bicyclic) bond motifs is 1. The van der Waals surface area contributed by atoms with Crippen molar-refractivity contribution in [3.63, 3.8) is 0 Å². The third-order valence-corrected chi connectivity index (χ3v) is 6.40. The van der Waals surface area contributed by atoms with Crippen LogP contribution in [0.25, 0.3) is 0 Å². The molecule has 2 bridgehead atoms. The van der Waals surface area contributed by atoms with E-state index in [2.05, 4.69) is 35.0 Å². The summed E-state index contributed by atoms with van der Waals surface area (Å²) in [6.45, 7) is 0. The van der Waals surface area contributed by atoms with Crippen molar-refractivity contribution in [1.82, 2.24) is 0 Å². The first-order valence-electron chi connectivity index (χ1n) is 9.18. The number of hydrogen-bond acceptors (Lipinski definition) is 3. The molecule has 0 spiro atoms. The Morgan fingerprint density at radius 1 is 0.929 bits per heavy atom. The molecule has 0 amide bonds. The summed E-state index contributed by atoms with van der Waals surface area (Å²) in [4.78, 5) is 0. The second kappa shape index (κ2) is 6.01. The highest BCUT2D eigenvalue weighted by Gasteiger charge is 2.60. The largest absolute Gasteiger partial charge is 1.00 e. The van der Waals surface area contributed by atoms with Crippen molar-refractivity contribution in [2.75, 3.05) is 0 Å². The SMILES string of the molecule is Oc1cccc2c1C1c3cccc[n+]3C2CC1(c1ccoc1)c1ccoc1.[Cl-]. The van der Waals surface area contributed by atoms with Gasteiger partial charge in [0.1, 0.15) is 5.75 Å². The third kappa shape index (κ3) is 1.98. The van der Waals surface area contributed by atoms with E-state index in [1.165, 1.54) is 11.3 Å². The Hall–Kier alpha value is -2.98. The number of aromatic nitrogens is 1. The van der Waals surface area contributed by atoms with Crippen molar-refractivity contribution in [3.8, 4) is 5.75 Å². The van der Waals surface area contributed by atoms with E-state index in [0.29, 0.717) is 5.75 Å². The van der Waals surface area contributed by atoms with Crippen LogP contribution < -0.4 is 17.0 Å². The Bertz CT molecular complexity index is 1100. The zero-order valence-electron chi connectivity index (χ0n) is 15.0. The molecular weight excluding hydrogens is 374 g/mol. The highest BCUT2D eigenvalue weighted by atomic mass is 35.5. The molecule has 0 saturated carbocycles. The summed E-state index contributed by atoms with van der Waals surface area (Å²) in [5, 5.41) is 10.9. The Morgan fingerprint density at radius 3 is 2.36 bits per heavy atom. The van der Waals surface area contributed by atoms with Crippen LogP contribution in [0.5, 0.6) is 5.75 Å². The van der Waals surface area contributed by atoms with Crippen molar-refractivity contribution in [1.29, 1.82) is 0 Å². The Kier molecular flexibility index (Phi) is 3.68. The summed E-state index contributed by atoms with van der Waals surface area (Å²) in [6, 6.07) is 16.4. The van der Waals surface area contributed by atoms with Crippen LogP contribution in [0.15, 0.2) is 88.6 Å². The van der Waals surface area contributed by atoms with Crippen molar-refractivity contribution >= 4 is 0 Å². The van der Waals surface area contributed by atoms with E-state index in [1.54, 1.807) is 18.6 Å². The van der Waals surface area contributed by atoms with Gasteiger partial charge in [-0.2, -0.15) is 4.57 Å². The molecule has 1 aliphatic carbocycles. The minimum atomic E-state index is -0.349. The van der Waals surface area contributed by atoms with E-state index in [1.807, 2.05) is 30.7 Å². The minimum Gasteiger partial charge on any atom is -1.00 e. The van der Waals surface area contributed by atoms with Crippen molar-refractivity contribution in [3.05, 3.63) is 108 Å². The van der Waals surface area contributed by atoms with Gasteiger partial charge in [-0.25, -0.2) is 0 Å². The topological polar surface area (TPSA) is 50.4 Å². The molecule has 28 heavy (non-hydrogen) atoms. The molecule has 4 aromatic rings. The molecule has 0 saturated heterocycles. The number of phenolic OH excluding ortho intramolecular Hbond substituents is 1. The molecule has 4 nitrogen and oxygen atoms in total. The molecule has 2 unspecified atom stereocenters. The predicted octanol–water partition coefficient (Wildman–Crippen LogP) is 1.29. The normalized spacial score (nSPS) is 20.9. The van der Waals surface area contributed by atoms with Crippen LogP contribution in [0, 0.1) is 0 Å². The average Bonchev–Trinajstić information content (AvgIpc) is 3.43. The lowest BCUT2D eigenvalue weighted by molar-refractivity contribution is -0.732. The van der Waals surface area contributed by atoms with Crippen LogP contribution in [0.1, 0.15) is 46.3 Å². The van der Waals surface area contributed by atoms with Crippen LogP contribution in [0.4, 0.5) is 0 Å². The van der Waals surface area contributed by atoms with E-state index in [4.69, 9.17) is 8.83 Å². The maximum atomic E-state index is 10.9. The molecule has 3 aromatic heterocycles. The van der Waals surface area contributed by atoms with Gasteiger partial charge in [-0.05, 0) is 18.2 Å². The molecule has 7 rings (SSSR count). The first-order valence-corrected chi connectivity index (χ1v) is 9.18. The molecule has 0 radical (unpaired) electrons. The fourth-order valence-corrected chi connectivity index (χ4v) is 5.37. The predicted molar refractivity (Wildman–Crippen MR) is 97.5 cm³/mol. The lowest BCUT2D eigenvalue weighted by Gasteiger charge is -2.48. The van der Waals surface area contributed by atoms with Gasteiger partial charge in [0, 0.05) is 40.8 Å². The van der Waals surface area contributed by atoms with Crippen LogP contribution in [-0.4, -0.2) is 5.11 Å². The number of furan rings is 2. The lowest BCUT2D eigenvalue weighted by atomic mass is 9.54. The summed E-state index contributed by atoms with van der Waals surface area (Å²) < 4.78 is 13.4. The number of rotatable bonds is 2. The lowest BCUT2D eigenvalue weighted by Crippen LogP contribution is -3.00. The van der Waals surface area contributed by atoms with E-state index in [9.17, 15) is 5.11 Å². The van der Waals surface area contributed by atoms with Gasteiger partial charge in [0.05, 0.1) is 36.4 Å². The highest BCUT2D eigenvalue weighted by molar-refractivity contribution is 5.57. The molecular formula is C23H18ClNO3. The van der Waals surface area contributed by atoms with Gasteiger partial charge in [0.25, 0.3) is 0 Å². The van der Waals surface area contributed by atoms with Gasteiger partial charge >= 0.3 is 0 Å². The molecule has 5 heterocycles. The zero-order chi connectivity index (χ0) is 18.0. The van der Waals surface area contributed by atoms with E-state index in [-0.39, 0.29) is 29.8 Å². The van der Waals surface area contributed by atoms with E-state index in [0.717, 1.165) is 23.1 Å². The fraction of sp³-hybridized carbons (Fsp3) is 0.174. The number of phenols is 1. The second-order valence-electron chi connectivity index (χ2n) is 7.46. The highest BCUT2D eigenvalue weighted by Crippen LogP contribution is 2.61. The number of halogens is 1. The molecule has 5 heteroatoms. The number of hydrogen-bond donors (Lipinski definition) is 1. The maximum absolute atomic E-state index is 10.9. The van der Waals surface area contributed by atoms with Gasteiger partial charge in [-0.1, -0.05) is 18.2 Å². The second-order valence-corrected chi connectivity index (χ2v) is 7.46. The molecule has 3 aliphatic rings. The molecule has 140 valence electrons. The first-order chi connectivity index (χ1) is 13.3. The van der Waals surface area contributed by atoms with Crippen LogP contribution in [0.2, 0.25) is 0 Å². The van der Waals surface area contributed by atoms with Crippen molar-refractivity contribution in [2.24, 2.45) is 0 Å². The average molecular weight is 392 g/mol. The van der Waals surface area contributed by atoms with Gasteiger partial charge < -0.3 is 26.3 Å². The standard InChI is InChI=1S/C23H17NO3.ClH/c25-20-6-3-4-17-19-12-23(15-7-10-26-13-15,16-8-11-27-14-16)22(21(17)20)18-5-1-2-9-24(18)19;/h1-11,13-14,19,22H,12H2;1H. The number of benzene rings is 1. The molecule has 1 N–H and O–H groups in total. The summed E-state index contributed by atoms with van der Waals surface area (Å²) >= 11 is 0. The summed E-state index contributed by atoms with van der Waals surface area (Å²) in [5.41, 5.74) is 5.29. The third-order valence-electron chi connectivity index (χ3n) is 6.40. The maximum Gasteiger partial charge on any atom is 0.190 e. The van der Waals surface area contributed by atoms with Crippen molar-refractivity contribution in [2.45, 2.75) is 23.8 Å². The van der Waals surface area contributed by atoms with Crippen LogP contribution in [0.3, 0.4) is 0 Å². The van der Waals surface area contributed by atoms with E-state index < -0.39 is 0 Å². The number of aromatic hydroxyl groups is 1. The number of pyridine rings is 1. The van der Waals surface area contributed by atoms with Crippen LogP contribution in [-0.2, 0) is 5.41 Å². The Morgan fingerprint density at radius 2 is 1.68 bits per heavy atom. The monoisotopic (exact) mass is 391 g/mol. The van der Waals surface area contributed by atoms with Gasteiger partial charge in [-0.15, -0.1) is 0 Å². The Balaban J connectivity index is 0.00000171. The zero-order valence-corrected chi connectivity index (χ0v) is 15.7. The first kappa shape index (κ1) is 17.1. The molecule has 2 atom stereocenters. The summed E-state index contributed by atoms with van der Waals surface area (Å²) in [7, 11) is 0.